The molecular formula is C13H15N. The van der Waals surface area contributed by atoms with E-state index in [0.29, 0.717) is 0 Å². The minimum Gasteiger partial charge on any atom is -0.355 e. The molecule has 1 aromatic heterocycles. The van der Waals surface area contributed by atoms with Crippen molar-refractivity contribution in [1.29, 1.82) is 0 Å². The second-order valence-corrected chi connectivity index (χ2v) is 3.42. The lowest BCUT2D eigenvalue weighted by molar-refractivity contribution is 1.14. The smallest absolute Gasteiger partial charge is 0.0461 e. The first-order valence-electron chi connectivity index (χ1n) is 5.09. The molecule has 0 aliphatic rings. The molecule has 0 saturated carbocycles. The number of nitrogens with one attached hydrogen (secondary N) is 1. The van der Waals surface area contributed by atoms with Crippen LogP contribution in [0.4, 0.5) is 0 Å². The van der Waals surface area contributed by atoms with E-state index in [9.17, 15) is 0 Å². The van der Waals surface area contributed by atoms with Crippen molar-refractivity contribution in [3.63, 3.8) is 0 Å². The molecule has 1 N–H and O–H groups in total. The van der Waals surface area contributed by atoms with E-state index in [1.807, 2.05) is 6.92 Å². The van der Waals surface area contributed by atoms with Crippen LogP contribution >= 0.6 is 0 Å². The van der Waals surface area contributed by atoms with Crippen molar-refractivity contribution in [2.24, 2.45) is 0 Å². The predicted molar refractivity (Wildman–Crippen MR) is 62.4 cm³/mol. The monoisotopic (exact) mass is 185 g/mol. The van der Waals surface area contributed by atoms with Gasteiger partial charge in [-0.3, -0.25) is 0 Å². The Balaban J connectivity index is 2.72. The maximum atomic E-state index is 3.43. The molecule has 2 aromatic rings. The van der Waals surface area contributed by atoms with Crippen LogP contribution in [0.15, 0.2) is 30.3 Å². The molecule has 2 rings (SSSR count). The van der Waals surface area contributed by atoms with Crippen LogP contribution in [0.3, 0.4) is 0 Å². The van der Waals surface area contributed by atoms with Gasteiger partial charge in [-0.2, -0.15) is 0 Å². The van der Waals surface area contributed by atoms with Crippen LogP contribution in [-0.4, -0.2) is 4.98 Å². The molecule has 1 aromatic carbocycles. The number of aromatic amines is 1. The Labute approximate surface area is 84.5 Å². The number of hydrogen-bond acceptors (Lipinski definition) is 0. The van der Waals surface area contributed by atoms with Gasteiger partial charge in [0.05, 0.1) is 0 Å². The van der Waals surface area contributed by atoms with Gasteiger partial charge in [0.25, 0.3) is 0 Å². The summed E-state index contributed by atoms with van der Waals surface area (Å²) in [5.41, 5.74) is 3.90. The first-order valence-corrected chi connectivity index (χ1v) is 5.09. The van der Waals surface area contributed by atoms with E-state index in [1.54, 1.807) is 0 Å². The third-order valence-corrected chi connectivity index (χ3v) is 2.53. The number of fused-ring (bicyclic) bond motifs is 1. The van der Waals surface area contributed by atoms with Crippen LogP contribution in [0.5, 0.6) is 0 Å². The van der Waals surface area contributed by atoms with Crippen molar-refractivity contribution in [3.8, 4) is 0 Å². The molecule has 0 unspecified atom stereocenters. The molecule has 0 atom stereocenters. The van der Waals surface area contributed by atoms with Gasteiger partial charge in [-0.15, -0.1) is 0 Å². The second-order valence-electron chi connectivity index (χ2n) is 3.42. The molecule has 1 nitrogen and oxygen atoms in total. The Bertz CT molecular complexity index is 463. The van der Waals surface area contributed by atoms with Crippen LogP contribution < -0.4 is 0 Å². The number of benzene rings is 1. The highest BCUT2D eigenvalue weighted by atomic mass is 14.7. The molecule has 0 radical (unpaired) electrons. The van der Waals surface area contributed by atoms with Gasteiger partial charge in [0.2, 0.25) is 0 Å². The molecule has 14 heavy (non-hydrogen) atoms. The highest BCUT2D eigenvalue weighted by molar-refractivity contribution is 5.87. The largest absolute Gasteiger partial charge is 0.355 e. The van der Waals surface area contributed by atoms with Crippen LogP contribution in [-0.2, 0) is 6.42 Å². The Hall–Kier alpha value is -1.50. The number of hydrogen-bond donors (Lipinski definition) is 1. The SMILES string of the molecule is C/C=C\c1[nH]c2ccccc2c1CC. The maximum Gasteiger partial charge on any atom is 0.0461 e. The second kappa shape index (κ2) is 3.70. The highest BCUT2D eigenvalue weighted by Gasteiger charge is 2.05. The van der Waals surface area contributed by atoms with Crippen molar-refractivity contribution in [2.45, 2.75) is 20.3 Å². The van der Waals surface area contributed by atoms with E-state index in [2.05, 4.69) is 48.3 Å². The summed E-state index contributed by atoms with van der Waals surface area (Å²) < 4.78 is 0. The van der Waals surface area contributed by atoms with Crippen LogP contribution in [0.2, 0.25) is 0 Å². The molecule has 0 spiro atoms. The minimum absolute atomic E-state index is 1.07. The zero-order valence-electron chi connectivity index (χ0n) is 8.67. The summed E-state index contributed by atoms with van der Waals surface area (Å²) in [7, 11) is 0. The van der Waals surface area contributed by atoms with E-state index in [0.717, 1.165) is 6.42 Å². The molecule has 72 valence electrons. The van der Waals surface area contributed by atoms with Crippen molar-refractivity contribution in [1.82, 2.24) is 4.98 Å². The third-order valence-electron chi connectivity index (χ3n) is 2.53. The van der Waals surface area contributed by atoms with E-state index < -0.39 is 0 Å². The van der Waals surface area contributed by atoms with Crippen molar-refractivity contribution < 1.29 is 0 Å². The Morgan fingerprint density at radius 2 is 2.07 bits per heavy atom. The maximum absolute atomic E-state index is 3.43. The van der Waals surface area contributed by atoms with Crippen molar-refractivity contribution >= 4 is 17.0 Å². The summed E-state index contributed by atoms with van der Waals surface area (Å²) in [6, 6.07) is 8.46. The summed E-state index contributed by atoms with van der Waals surface area (Å²) in [6.07, 6.45) is 5.28. The third kappa shape index (κ3) is 1.35. The lowest BCUT2D eigenvalue weighted by Gasteiger charge is -1.94. The Morgan fingerprint density at radius 1 is 1.29 bits per heavy atom. The zero-order valence-corrected chi connectivity index (χ0v) is 8.67. The van der Waals surface area contributed by atoms with E-state index in [1.165, 1.54) is 22.2 Å². The standard InChI is InChI=1S/C13H15N/c1-3-7-12-10(4-2)11-8-5-6-9-13(11)14-12/h3,5-9,14H,4H2,1-2H3/b7-3-. The number of allylic oxidation sites excluding steroid dienone is 1. The first kappa shape index (κ1) is 9.07. The lowest BCUT2D eigenvalue weighted by Crippen LogP contribution is -1.80. The topological polar surface area (TPSA) is 15.8 Å². The van der Waals surface area contributed by atoms with E-state index in [-0.39, 0.29) is 0 Å². The molecule has 0 aliphatic heterocycles. The molecule has 0 saturated heterocycles. The summed E-state index contributed by atoms with van der Waals surface area (Å²) in [4.78, 5) is 3.43. The van der Waals surface area contributed by atoms with Gasteiger partial charge in [-0.25, -0.2) is 0 Å². The molecule has 0 amide bonds. The lowest BCUT2D eigenvalue weighted by atomic mass is 10.1. The average molecular weight is 185 g/mol. The fourth-order valence-electron chi connectivity index (χ4n) is 1.91. The molecular weight excluding hydrogens is 170 g/mol. The van der Waals surface area contributed by atoms with Crippen LogP contribution in [0.25, 0.3) is 17.0 Å². The summed E-state index contributed by atoms with van der Waals surface area (Å²) in [6.45, 7) is 4.24. The van der Waals surface area contributed by atoms with Crippen molar-refractivity contribution in [2.75, 3.05) is 0 Å². The summed E-state index contributed by atoms with van der Waals surface area (Å²) >= 11 is 0. The molecule has 1 heteroatoms. The highest BCUT2D eigenvalue weighted by Crippen LogP contribution is 2.23. The normalized spacial score (nSPS) is 11.6. The Kier molecular flexibility index (Phi) is 2.40. The molecule has 0 aliphatic carbocycles. The number of H-pyrrole nitrogens is 1. The van der Waals surface area contributed by atoms with Gasteiger partial charge in [-0.1, -0.05) is 31.2 Å². The van der Waals surface area contributed by atoms with E-state index >= 15 is 0 Å². The van der Waals surface area contributed by atoms with E-state index in [4.69, 9.17) is 0 Å². The number of rotatable bonds is 2. The van der Waals surface area contributed by atoms with Crippen LogP contribution in [0.1, 0.15) is 25.1 Å². The fourth-order valence-corrected chi connectivity index (χ4v) is 1.91. The Morgan fingerprint density at radius 3 is 2.79 bits per heavy atom. The zero-order chi connectivity index (χ0) is 9.97. The summed E-state index contributed by atoms with van der Waals surface area (Å²) in [5, 5.41) is 1.35. The number of para-hydroxylation sites is 1. The van der Waals surface area contributed by atoms with Gasteiger partial charge in [0.15, 0.2) is 0 Å². The predicted octanol–water partition coefficient (Wildman–Crippen LogP) is 3.76. The van der Waals surface area contributed by atoms with Crippen LogP contribution in [0, 0.1) is 0 Å². The first-order chi connectivity index (χ1) is 6.86. The number of aryl methyl sites for hydroxylation is 1. The van der Waals surface area contributed by atoms with Gasteiger partial charge in [0.1, 0.15) is 0 Å². The molecule has 0 bridgehead atoms. The van der Waals surface area contributed by atoms with Gasteiger partial charge in [-0.05, 0) is 31.1 Å². The van der Waals surface area contributed by atoms with Gasteiger partial charge < -0.3 is 4.98 Å². The fraction of sp³-hybridized carbons (Fsp3) is 0.231. The van der Waals surface area contributed by atoms with Gasteiger partial charge in [0, 0.05) is 16.6 Å². The average Bonchev–Trinajstić information content (AvgIpc) is 2.55. The molecule has 0 fully saturated rings. The quantitative estimate of drug-likeness (QED) is 0.733. The molecule has 1 heterocycles. The van der Waals surface area contributed by atoms with Gasteiger partial charge >= 0.3 is 0 Å². The number of aromatic nitrogens is 1. The minimum atomic E-state index is 1.07. The van der Waals surface area contributed by atoms with Crippen molar-refractivity contribution in [3.05, 3.63) is 41.6 Å². The summed E-state index contributed by atoms with van der Waals surface area (Å²) in [5.74, 6) is 0.